The standard InChI is InChI=1S/C21H22ClFN4O2S2/c1-26(16-9-10-27(12-16)11-15-5-3-2-4-6-15)17-7-8-18(21(23)20(17)22)31(28,29)25-19-13-30-14-24-19/h2-8,13-14,16,25H,9-12H2,1H3. The highest BCUT2D eigenvalue weighted by Gasteiger charge is 2.29. The van der Waals surface area contributed by atoms with Crippen LogP contribution in [0.1, 0.15) is 12.0 Å². The third-order valence-corrected chi connectivity index (χ3v) is 7.73. The summed E-state index contributed by atoms with van der Waals surface area (Å²) >= 11 is 7.52. The molecule has 0 radical (unpaired) electrons. The van der Waals surface area contributed by atoms with Crippen LogP contribution in [0.4, 0.5) is 15.9 Å². The molecule has 1 atom stereocenters. The van der Waals surface area contributed by atoms with E-state index in [2.05, 4.69) is 26.7 Å². The molecule has 10 heteroatoms. The van der Waals surface area contributed by atoms with Gasteiger partial charge in [0.15, 0.2) is 11.6 Å². The van der Waals surface area contributed by atoms with Gasteiger partial charge in [-0.1, -0.05) is 41.9 Å². The van der Waals surface area contributed by atoms with Crippen LogP contribution in [0, 0.1) is 5.82 Å². The lowest BCUT2D eigenvalue weighted by atomic mass is 10.2. The Balaban J connectivity index is 1.49. The minimum atomic E-state index is -4.13. The average molecular weight is 481 g/mol. The maximum atomic E-state index is 15.0. The number of anilines is 2. The van der Waals surface area contributed by atoms with E-state index in [1.54, 1.807) is 6.07 Å². The molecule has 0 aliphatic carbocycles. The second-order valence-electron chi connectivity index (χ2n) is 7.46. The maximum Gasteiger partial charge on any atom is 0.266 e. The summed E-state index contributed by atoms with van der Waals surface area (Å²) in [5.41, 5.74) is 3.21. The zero-order valence-electron chi connectivity index (χ0n) is 16.8. The molecule has 0 spiro atoms. The summed E-state index contributed by atoms with van der Waals surface area (Å²) in [4.78, 5) is 7.65. The van der Waals surface area contributed by atoms with Crippen molar-refractivity contribution < 1.29 is 12.8 Å². The van der Waals surface area contributed by atoms with E-state index in [0.717, 1.165) is 26.1 Å². The van der Waals surface area contributed by atoms with E-state index in [-0.39, 0.29) is 16.9 Å². The van der Waals surface area contributed by atoms with Crippen LogP contribution in [0.15, 0.2) is 58.3 Å². The van der Waals surface area contributed by atoms with Crippen LogP contribution < -0.4 is 9.62 Å². The molecule has 164 valence electrons. The third-order valence-electron chi connectivity index (χ3n) is 5.41. The highest BCUT2D eigenvalue weighted by atomic mass is 35.5. The summed E-state index contributed by atoms with van der Waals surface area (Å²) in [6.07, 6.45) is 0.909. The first kappa shape index (κ1) is 22.0. The zero-order chi connectivity index (χ0) is 22.0. The number of likely N-dealkylation sites (tertiary alicyclic amines) is 1. The van der Waals surface area contributed by atoms with E-state index in [1.165, 1.54) is 33.9 Å². The quantitative estimate of drug-likeness (QED) is 0.541. The molecule has 6 nitrogen and oxygen atoms in total. The fourth-order valence-corrected chi connectivity index (χ4v) is 5.76. The van der Waals surface area contributed by atoms with Gasteiger partial charge in [-0.15, -0.1) is 11.3 Å². The summed E-state index contributed by atoms with van der Waals surface area (Å²) in [5, 5.41) is 1.32. The number of aromatic nitrogens is 1. The van der Waals surface area contributed by atoms with Gasteiger partial charge in [0.25, 0.3) is 10.0 Å². The van der Waals surface area contributed by atoms with E-state index in [4.69, 9.17) is 11.6 Å². The lowest BCUT2D eigenvalue weighted by Crippen LogP contribution is -2.34. The smallest absolute Gasteiger partial charge is 0.266 e. The SMILES string of the molecule is CN(c1ccc(S(=O)(=O)Nc2cscn2)c(F)c1Cl)C1CCN(Cc2ccccc2)C1. The Labute approximate surface area is 190 Å². The highest BCUT2D eigenvalue weighted by molar-refractivity contribution is 7.92. The van der Waals surface area contributed by atoms with Crippen LogP contribution in [-0.4, -0.2) is 44.5 Å². The molecule has 1 aromatic heterocycles. The number of nitrogens with one attached hydrogen (secondary N) is 1. The number of halogens is 2. The van der Waals surface area contributed by atoms with Crippen molar-refractivity contribution in [2.24, 2.45) is 0 Å². The Bertz CT molecular complexity index is 1140. The largest absolute Gasteiger partial charge is 0.369 e. The van der Waals surface area contributed by atoms with E-state index in [9.17, 15) is 12.8 Å². The van der Waals surface area contributed by atoms with Gasteiger partial charge in [-0.25, -0.2) is 17.8 Å². The predicted octanol–water partition coefficient (Wildman–Crippen LogP) is 4.45. The first-order valence-corrected chi connectivity index (χ1v) is 12.5. The normalized spacial score (nSPS) is 17.1. The Morgan fingerprint density at radius 3 is 2.77 bits per heavy atom. The molecule has 1 aliphatic rings. The van der Waals surface area contributed by atoms with Gasteiger partial charge in [-0.3, -0.25) is 9.62 Å². The molecule has 0 saturated carbocycles. The van der Waals surface area contributed by atoms with Gasteiger partial charge < -0.3 is 4.90 Å². The van der Waals surface area contributed by atoms with E-state index >= 15 is 0 Å². The number of benzene rings is 2. The number of hydrogen-bond donors (Lipinski definition) is 1. The van der Waals surface area contributed by atoms with Crippen molar-refractivity contribution in [2.45, 2.75) is 23.9 Å². The predicted molar refractivity (Wildman–Crippen MR) is 123 cm³/mol. The van der Waals surface area contributed by atoms with Crippen LogP contribution >= 0.6 is 22.9 Å². The Morgan fingerprint density at radius 2 is 2.06 bits per heavy atom. The van der Waals surface area contributed by atoms with Crippen LogP contribution in [0.5, 0.6) is 0 Å². The zero-order valence-corrected chi connectivity index (χ0v) is 19.2. The van der Waals surface area contributed by atoms with Gasteiger partial charge in [-0.2, -0.15) is 0 Å². The van der Waals surface area contributed by atoms with E-state index in [1.807, 2.05) is 30.1 Å². The molecule has 1 unspecified atom stereocenters. The second kappa shape index (κ2) is 9.12. The molecular weight excluding hydrogens is 459 g/mol. The Morgan fingerprint density at radius 1 is 1.29 bits per heavy atom. The number of rotatable bonds is 7. The number of likely N-dealkylation sites (N-methyl/N-ethyl adjacent to an activating group) is 1. The molecule has 0 amide bonds. The number of nitrogens with zero attached hydrogens (tertiary/aromatic N) is 3. The van der Waals surface area contributed by atoms with Gasteiger partial charge in [0, 0.05) is 38.1 Å². The van der Waals surface area contributed by atoms with Gasteiger partial charge >= 0.3 is 0 Å². The number of sulfonamides is 1. The van der Waals surface area contributed by atoms with Crippen LogP contribution in [0.2, 0.25) is 5.02 Å². The molecule has 2 aromatic carbocycles. The van der Waals surface area contributed by atoms with Crippen molar-refractivity contribution in [2.75, 3.05) is 29.8 Å². The van der Waals surface area contributed by atoms with Crippen molar-refractivity contribution in [1.29, 1.82) is 0 Å². The van der Waals surface area contributed by atoms with Crippen molar-refractivity contribution in [3.8, 4) is 0 Å². The minimum absolute atomic E-state index is 0.145. The number of hydrogen-bond acceptors (Lipinski definition) is 6. The monoisotopic (exact) mass is 480 g/mol. The van der Waals surface area contributed by atoms with Crippen molar-refractivity contribution in [1.82, 2.24) is 9.88 Å². The molecular formula is C21H22ClFN4O2S2. The topological polar surface area (TPSA) is 65.5 Å². The molecule has 1 aliphatic heterocycles. The Kier molecular flexibility index (Phi) is 6.47. The van der Waals surface area contributed by atoms with Gasteiger partial charge in [-0.05, 0) is 24.1 Å². The maximum absolute atomic E-state index is 15.0. The summed E-state index contributed by atoms with van der Waals surface area (Å²) in [5.74, 6) is -0.820. The van der Waals surface area contributed by atoms with Crippen molar-refractivity contribution in [3.63, 3.8) is 0 Å². The summed E-state index contributed by atoms with van der Waals surface area (Å²) in [6.45, 7) is 2.59. The average Bonchev–Trinajstić information content (AvgIpc) is 3.42. The molecule has 1 saturated heterocycles. The molecule has 31 heavy (non-hydrogen) atoms. The molecule has 3 aromatic rings. The molecule has 1 N–H and O–H groups in total. The first-order chi connectivity index (χ1) is 14.8. The lowest BCUT2D eigenvalue weighted by molar-refractivity contribution is 0.326. The van der Waals surface area contributed by atoms with E-state index < -0.39 is 20.7 Å². The summed E-state index contributed by atoms with van der Waals surface area (Å²) in [7, 11) is -2.27. The third kappa shape index (κ3) is 4.85. The summed E-state index contributed by atoms with van der Waals surface area (Å²) in [6, 6.07) is 13.2. The van der Waals surface area contributed by atoms with Gasteiger partial charge in [0.05, 0.1) is 11.2 Å². The number of thiazole rings is 1. The minimum Gasteiger partial charge on any atom is -0.369 e. The highest BCUT2D eigenvalue weighted by Crippen LogP contribution is 2.34. The van der Waals surface area contributed by atoms with Crippen LogP contribution in [-0.2, 0) is 16.6 Å². The first-order valence-electron chi connectivity index (χ1n) is 9.73. The second-order valence-corrected chi connectivity index (χ2v) is 10.2. The fraction of sp³-hybridized carbons (Fsp3) is 0.286. The van der Waals surface area contributed by atoms with Gasteiger partial charge in [0.1, 0.15) is 9.92 Å². The molecule has 1 fully saturated rings. The van der Waals surface area contributed by atoms with Gasteiger partial charge in [0.2, 0.25) is 0 Å². The summed E-state index contributed by atoms with van der Waals surface area (Å²) < 4.78 is 42.4. The van der Waals surface area contributed by atoms with Crippen molar-refractivity contribution >= 4 is 44.5 Å². The molecule has 4 rings (SSSR count). The molecule has 2 heterocycles. The lowest BCUT2D eigenvalue weighted by Gasteiger charge is -2.28. The molecule has 0 bridgehead atoms. The van der Waals surface area contributed by atoms with Crippen LogP contribution in [0.3, 0.4) is 0 Å². The van der Waals surface area contributed by atoms with Crippen molar-refractivity contribution in [3.05, 3.63) is 69.8 Å². The fourth-order valence-electron chi connectivity index (χ4n) is 3.77. The van der Waals surface area contributed by atoms with E-state index in [0.29, 0.717) is 5.69 Å². The Hall–Kier alpha value is -2.20. The van der Waals surface area contributed by atoms with Crippen LogP contribution in [0.25, 0.3) is 0 Å².